The predicted molar refractivity (Wildman–Crippen MR) is 144 cm³/mol. The van der Waals surface area contributed by atoms with Gasteiger partial charge in [0.05, 0.1) is 0 Å². The van der Waals surface area contributed by atoms with E-state index in [-0.39, 0.29) is 0 Å². The molecule has 58 heteroatoms. The van der Waals surface area contributed by atoms with Gasteiger partial charge in [0, 0.05) is 0 Å². The zero-order valence-corrected chi connectivity index (χ0v) is 36.1. The van der Waals surface area contributed by atoms with Crippen molar-refractivity contribution in [2.75, 3.05) is 0 Å². The standard InChI is InChI=1S/C16HF34O2P.C8H2F17O3P/c17-1(18,5(25,26)9(33,34)13(41,42)43)3(21,22)7(29,30)11(37,38)15(47,48)53(51,52)16(49,50)12(39,40)8(31,32)4(23,24)2(19,20)6(27,28)10(35,36)14(44,45)46;9-1(10,3(13,14)5(17,18)7(21,22)23)2(11,12)4(15,16)6(19,20)8(24,25)29(26,27)28/h(H,51,52);(H2,26,27,28). The molecule has 0 bridgehead atoms. The minimum atomic E-state index is -11.3. The molecule has 0 amide bonds. The molecule has 0 spiro atoms. The van der Waals surface area contributed by atoms with Crippen LogP contribution in [0, 0.1) is 0 Å². The third-order valence-electron chi connectivity index (χ3n) is 9.24. The first-order valence-corrected chi connectivity index (χ1v) is 19.8. The zero-order chi connectivity index (χ0) is 69.0. The number of hydrogen-bond acceptors (Lipinski definition) is 2. The lowest BCUT2D eigenvalue weighted by molar-refractivity contribution is -0.460. The van der Waals surface area contributed by atoms with Gasteiger partial charge in [-0.2, -0.15) is 224 Å². The maximum Gasteiger partial charge on any atom is 0.460 e. The molecule has 0 saturated heterocycles. The second-order valence-corrected chi connectivity index (χ2v) is 18.5. The average molecular weight is 1400 g/mol. The molecule has 0 aromatic carbocycles. The molecule has 0 aliphatic heterocycles. The van der Waals surface area contributed by atoms with E-state index in [1.807, 2.05) is 0 Å². The molecule has 3 N–H and O–H groups in total. The van der Waals surface area contributed by atoms with Crippen molar-refractivity contribution >= 4 is 15.0 Å². The highest BCUT2D eigenvalue weighted by atomic mass is 31.2. The molecule has 0 aromatic rings. The molecule has 0 aliphatic carbocycles. The fraction of sp³-hybridized carbons (Fsp3) is 1.00. The van der Waals surface area contributed by atoms with E-state index in [0.29, 0.717) is 0 Å². The van der Waals surface area contributed by atoms with Gasteiger partial charge in [-0.05, 0) is 0 Å². The fourth-order valence-electron chi connectivity index (χ4n) is 4.21. The Labute approximate surface area is 406 Å². The molecule has 0 atom stereocenters. The van der Waals surface area contributed by atoms with Crippen LogP contribution in [0.3, 0.4) is 0 Å². The van der Waals surface area contributed by atoms with Crippen LogP contribution in [0.1, 0.15) is 0 Å². The maximum atomic E-state index is 14.0. The monoisotopic (exact) mass is 1400 g/mol. The second-order valence-electron chi connectivity index (χ2n) is 14.6. The Kier molecular flexibility index (Phi) is 19.4. The summed E-state index contributed by atoms with van der Waals surface area (Å²) in [5.41, 5.74) is -27.5. The zero-order valence-electron chi connectivity index (χ0n) is 34.3. The summed E-state index contributed by atoms with van der Waals surface area (Å²) in [6, 6.07) is 0. The predicted octanol–water partition coefficient (Wildman–Crippen LogP) is 16.3. The highest BCUT2D eigenvalue weighted by Gasteiger charge is 3.02. The Morgan fingerprint density at radius 1 is 0.159 bits per heavy atom. The van der Waals surface area contributed by atoms with Crippen molar-refractivity contribution < 1.29 is 248 Å². The lowest BCUT2D eigenvalue weighted by atomic mass is 9.91. The minimum Gasteiger partial charge on any atom is -0.336 e. The van der Waals surface area contributed by atoms with E-state index in [4.69, 9.17) is 14.7 Å². The summed E-state index contributed by atoms with van der Waals surface area (Å²) in [5, 5.41) is 0. The van der Waals surface area contributed by atoms with Crippen LogP contribution in [0.2, 0.25) is 0 Å². The number of halogens is 51. The van der Waals surface area contributed by atoms with E-state index in [9.17, 15) is 233 Å². The van der Waals surface area contributed by atoms with Gasteiger partial charge in [0.25, 0.3) is 0 Å². The fourth-order valence-corrected chi connectivity index (χ4v) is 6.11. The van der Waals surface area contributed by atoms with Crippen molar-refractivity contribution in [2.24, 2.45) is 0 Å². The molecule has 0 heterocycles. The topological polar surface area (TPSA) is 94.8 Å². The smallest absolute Gasteiger partial charge is 0.336 e. The molecular formula is C24H3F51O5P2. The van der Waals surface area contributed by atoms with E-state index in [0.717, 1.165) is 0 Å². The summed E-state index contributed by atoms with van der Waals surface area (Å²) in [6.07, 6.45) is -24.7. The van der Waals surface area contributed by atoms with E-state index in [2.05, 4.69) is 0 Å². The van der Waals surface area contributed by atoms with Crippen LogP contribution in [0.4, 0.5) is 224 Å². The van der Waals surface area contributed by atoms with Crippen molar-refractivity contribution in [1.82, 2.24) is 0 Å². The number of alkyl halides is 51. The maximum absolute atomic E-state index is 14.0. The molecule has 0 rings (SSSR count). The van der Waals surface area contributed by atoms with Crippen LogP contribution in [-0.2, 0) is 9.13 Å². The summed E-state index contributed by atoms with van der Waals surface area (Å²) in [7, 11) is -19.3. The Balaban J connectivity index is 0. The van der Waals surface area contributed by atoms with Gasteiger partial charge in [-0.25, -0.2) is 0 Å². The third kappa shape index (κ3) is 9.74. The molecule has 0 radical (unpaired) electrons. The summed E-state index contributed by atoms with van der Waals surface area (Å²) in [4.78, 5) is 24.0. The second kappa shape index (κ2) is 19.6. The van der Waals surface area contributed by atoms with Crippen molar-refractivity contribution in [3.63, 3.8) is 0 Å². The highest BCUT2D eigenvalue weighted by Crippen LogP contribution is 2.80. The van der Waals surface area contributed by atoms with E-state index < -0.39 is 157 Å². The van der Waals surface area contributed by atoms with Crippen LogP contribution in [0.15, 0.2) is 0 Å². The van der Waals surface area contributed by atoms with Gasteiger partial charge in [0.1, 0.15) is 0 Å². The molecule has 0 saturated carbocycles. The Morgan fingerprint density at radius 3 is 0.366 bits per heavy atom. The quantitative estimate of drug-likeness (QED) is 0.0786. The molecule has 5 nitrogen and oxygen atoms in total. The Morgan fingerprint density at radius 2 is 0.256 bits per heavy atom. The van der Waals surface area contributed by atoms with Crippen LogP contribution in [-0.4, -0.2) is 157 Å². The van der Waals surface area contributed by atoms with E-state index in [1.54, 1.807) is 0 Å². The van der Waals surface area contributed by atoms with Gasteiger partial charge in [0.15, 0.2) is 0 Å². The number of hydrogen-bond donors (Lipinski definition) is 3. The van der Waals surface area contributed by atoms with Gasteiger partial charge in [-0.1, -0.05) is 0 Å². The van der Waals surface area contributed by atoms with Crippen LogP contribution in [0.5, 0.6) is 0 Å². The number of rotatable bonds is 21. The molecule has 496 valence electrons. The first kappa shape index (κ1) is 80.8. The summed E-state index contributed by atoms with van der Waals surface area (Å²) >= 11 is 0. The van der Waals surface area contributed by atoms with Gasteiger partial charge >= 0.3 is 157 Å². The minimum absolute atomic E-state index is 7.70. The SMILES string of the molecule is O=P(O)(C(F)(F)C(F)(F)C(F)(F)C(F)(F)C(F)(F)C(F)(F)C(F)(F)C(F)(F)F)C(F)(F)C(F)(F)C(F)(F)C(F)(F)C(F)(F)C(F)(F)C(F)(F)C(F)(F)F.O=P(O)(O)C(F)(F)C(F)(F)C(F)(F)C(F)(F)C(F)(F)C(F)(F)C(F)(F)C(F)(F)F. The first-order chi connectivity index (χ1) is 34.0. The normalized spacial score (nSPS) is 17.2. The molecular weight excluding hydrogens is 1400 g/mol. The Hall–Kier alpha value is -3.23. The van der Waals surface area contributed by atoms with Crippen LogP contribution in [0.25, 0.3) is 0 Å². The average Bonchev–Trinajstić information content (AvgIpc) is 3.20. The van der Waals surface area contributed by atoms with Crippen molar-refractivity contribution in [3.05, 3.63) is 0 Å². The molecule has 82 heavy (non-hydrogen) atoms. The largest absolute Gasteiger partial charge is 0.460 e. The van der Waals surface area contributed by atoms with Crippen molar-refractivity contribution in [1.29, 1.82) is 0 Å². The summed E-state index contributed by atoms with van der Waals surface area (Å²) in [5.74, 6) is -168. The van der Waals surface area contributed by atoms with Gasteiger partial charge in [-0.3, -0.25) is 9.13 Å². The first-order valence-electron chi connectivity index (χ1n) is 16.5. The van der Waals surface area contributed by atoms with Gasteiger partial charge in [0.2, 0.25) is 0 Å². The molecule has 0 aromatic heterocycles. The summed E-state index contributed by atoms with van der Waals surface area (Å²) in [6.45, 7) is 0. The van der Waals surface area contributed by atoms with Crippen molar-refractivity contribution in [2.45, 2.75) is 142 Å². The van der Waals surface area contributed by atoms with E-state index >= 15 is 0 Å². The molecule has 0 unspecified atom stereocenters. The molecule has 0 aliphatic rings. The summed E-state index contributed by atoms with van der Waals surface area (Å²) < 4.78 is 687. The van der Waals surface area contributed by atoms with Gasteiger partial charge in [-0.15, -0.1) is 0 Å². The van der Waals surface area contributed by atoms with E-state index in [1.165, 1.54) is 0 Å². The lowest BCUT2D eigenvalue weighted by Crippen LogP contribution is -2.75. The molecule has 0 fully saturated rings. The van der Waals surface area contributed by atoms with Gasteiger partial charge < -0.3 is 14.7 Å². The highest BCUT2D eigenvalue weighted by molar-refractivity contribution is 7.60. The Bertz CT molecular complexity index is 2290. The third-order valence-corrected chi connectivity index (χ3v) is 12.3. The van der Waals surface area contributed by atoms with Crippen LogP contribution >= 0.6 is 15.0 Å². The van der Waals surface area contributed by atoms with Crippen molar-refractivity contribution in [3.8, 4) is 0 Å². The lowest BCUT2D eigenvalue weighted by Gasteiger charge is -2.45. The van der Waals surface area contributed by atoms with Crippen LogP contribution < -0.4 is 0 Å².